The van der Waals surface area contributed by atoms with Crippen LogP contribution in [0.1, 0.15) is 36.1 Å². The van der Waals surface area contributed by atoms with Gasteiger partial charge in [-0.2, -0.15) is 0 Å². The van der Waals surface area contributed by atoms with Crippen molar-refractivity contribution in [3.8, 4) is 33.4 Å². The summed E-state index contributed by atoms with van der Waals surface area (Å²) >= 11 is 0. The minimum atomic E-state index is 1.06. The molecule has 5 aromatic carbocycles. The van der Waals surface area contributed by atoms with Crippen molar-refractivity contribution in [3.05, 3.63) is 146 Å². The normalized spacial score (nSPS) is 10.3. The molecule has 5 rings (SSSR count). The molecular formula is C38H34. The second-order valence-electron chi connectivity index (χ2n) is 8.66. The molecule has 0 aliphatic heterocycles. The van der Waals surface area contributed by atoms with E-state index in [0.29, 0.717) is 0 Å². The Bertz CT molecular complexity index is 1620. The zero-order valence-corrected chi connectivity index (χ0v) is 22.4. The van der Waals surface area contributed by atoms with Crippen LogP contribution >= 0.6 is 0 Å². The molecule has 38 heavy (non-hydrogen) atoms. The molecule has 0 N–H and O–H groups in total. The Morgan fingerprint density at radius 3 is 1.32 bits per heavy atom. The molecule has 0 aliphatic rings. The van der Waals surface area contributed by atoms with Crippen LogP contribution in [0.3, 0.4) is 0 Å². The van der Waals surface area contributed by atoms with Gasteiger partial charge in [-0.25, -0.2) is 0 Å². The molecule has 0 heteroatoms. The van der Waals surface area contributed by atoms with Gasteiger partial charge < -0.3 is 0 Å². The maximum absolute atomic E-state index is 4.24. The third-order valence-corrected chi connectivity index (χ3v) is 6.81. The predicted octanol–water partition coefficient (Wildman–Crippen LogP) is 11.4. The van der Waals surface area contributed by atoms with Gasteiger partial charge in [0.15, 0.2) is 0 Å². The molecule has 0 aromatic heterocycles. The summed E-state index contributed by atoms with van der Waals surface area (Å²) in [5, 5.41) is 2.35. The summed E-state index contributed by atoms with van der Waals surface area (Å²) in [5.74, 6) is 0. The summed E-state index contributed by atoms with van der Waals surface area (Å²) < 4.78 is 0. The quantitative estimate of drug-likeness (QED) is 0.213. The van der Waals surface area contributed by atoms with E-state index in [-0.39, 0.29) is 0 Å². The van der Waals surface area contributed by atoms with Crippen molar-refractivity contribution in [2.24, 2.45) is 0 Å². The Hall–Kier alpha value is -4.68. The second kappa shape index (κ2) is 12.0. The molecule has 0 nitrogen and oxygen atoms in total. The Kier molecular flexibility index (Phi) is 8.36. The fraction of sp³-hybridized carbons (Fsp3) is 0.0526. The highest BCUT2D eigenvalue weighted by Crippen LogP contribution is 2.45. The first-order valence-electron chi connectivity index (χ1n) is 13.1. The average Bonchev–Trinajstić information content (AvgIpc) is 3.00. The molecule has 5 aromatic rings. The summed E-state index contributed by atoms with van der Waals surface area (Å²) in [4.78, 5) is 0. The van der Waals surface area contributed by atoms with Crippen LogP contribution in [-0.4, -0.2) is 0 Å². The Labute approximate surface area is 227 Å². The monoisotopic (exact) mass is 490 g/mol. The molecule has 0 aliphatic carbocycles. The van der Waals surface area contributed by atoms with Crippen molar-refractivity contribution in [3.63, 3.8) is 0 Å². The van der Waals surface area contributed by atoms with Crippen molar-refractivity contribution in [1.29, 1.82) is 0 Å². The third-order valence-electron chi connectivity index (χ3n) is 6.81. The van der Waals surface area contributed by atoms with E-state index in [9.17, 15) is 0 Å². The van der Waals surface area contributed by atoms with Gasteiger partial charge >= 0.3 is 0 Å². The summed E-state index contributed by atoms with van der Waals surface area (Å²) in [6, 6.07) is 33.9. The Balaban J connectivity index is 0.00000164. The Morgan fingerprint density at radius 2 is 0.789 bits per heavy atom. The van der Waals surface area contributed by atoms with Crippen LogP contribution in [0.15, 0.2) is 123 Å². The number of hydrogen-bond acceptors (Lipinski definition) is 0. The van der Waals surface area contributed by atoms with E-state index in [4.69, 9.17) is 0 Å². The maximum Gasteiger partial charge on any atom is -0.00203 e. The lowest BCUT2D eigenvalue weighted by atomic mass is 9.81. The third kappa shape index (κ3) is 4.58. The molecule has 0 fully saturated rings. The van der Waals surface area contributed by atoms with Gasteiger partial charge in [0.1, 0.15) is 0 Å². The van der Waals surface area contributed by atoms with Gasteiger partial charge in [-0.1, -0.05) is 162 Å². The largest absolute Gasteiger partial charge is 0.0984 e. The summed E-state index contributed by atoms with van der Waals surface area (Å²) in [6.07, 6.45) is 7.79. The highest BCUT2D eigenvalue weighted by molar-refractivity contribution is 6.12. The van der Waals surface area contributed by atoms with Crippen LogP contribution in [0.5, 0.6) is 0 Å². The van der Waals surface area contributed by atoms with E-state index in [1.165, 1.54) is 16.3 Å². The molecule has 0 saturated heterocycles. The standard InChI is InChI=1S/C36H28.C2H6/c1-5-27-28(6-2)34(24-23-31(27)25-17-11-9-12-18-25)36-30(8-4)29(7-3)35(26-19-13-10-14-20-26)32-21-15-16-22-33(32)36;1-2/h5-24H,1-4H2;1-2H3. The first-order valence-corrected chi connectivity index (χ1v) is 13.1. The van der Waals surface area contributed by atoms with E-state index >= 15 is 0 Å². The topological polar surface area (TPSA) is 0 Å². The second-order valence-corrected chi connectivity index (χ2v) is 8.66. The van der Waals surface area contributed by atoms with E-state index in [2.05, 4.69) is 111 Å². The predicted molar refractivity (Wildman–Crippen MR) is 172 cm³/mol. The lowest BCUT2D eigenvalue weighted by Crippen LogP contribution is -1.99. The van der Waals surface area contributed by atoms with Gasteiger partial charge in [-0.05, 0) is 66.4 Å². The summed E-state index contributed by atoms with van der Waals surface area (Å²) in [7, 11) is 0. The smallest absolute Gasteiger partial charge is 0.00203 e. The zero-order valence-electron chi connectivity index (χ0n) is 22.4. The molecule has 186 valence electrons. The Morgan fingerprint density at radius 1 is 0.395 bits per heavy atom. The average molecular weight is 491 g/mol. The first kappa shape index (κ1) is 26.4. The lowest BCUT2D eigenvalue weighted by molar-refractivity contribution is 1.50. The van der Waals surface area contributed by atoms with Gasteiger partial charge in [0.2, 0.25) is 0 Å². The fourth-order valence-electron chi connectivity index (χ4n) is 5.27. The molecular weight excluding hydrogens is 456 g/mol. The van der Waals surface area contributed by atoms with Crippen LogP contribution in [0.4, 0.5) is 0 Å². The molecule has 0 spiro atoms. The van der Waals surface area contributed by atoms with Crippen LogP contribution in [0, 0.1) is 0 Å². The van der Waals surface area contributed by atoms with E-state index in [1.54, 1.807) is 0 Å². The van der Waals surface area contributed by atoms with Crippen LogP contribution in [-0.2, 0) is 0 Å². The zero-order chi connectivity index (χ0) is 27.1. The van der Waals surface area contributed by atoms with Gasteiger partial charge in [-0.15, -0.1) is 0 Å². The van der Waals surface area contributed by atoms with Crippen molar-refractivity contribution in [1.82, 2.24) is 0 Å². The minimum absolute atomic E-state index is 1.06. The van der Waals surface area contributed by atoms with Crippen LogP contribution < -0.4 is 0 Å². The lowest BCUT2D eigenvalue weighted by Gasteiger charge is -2.22. The molecule has 0 bridgehead atoms. The van der Waals surface area contributed by atoms with Crippen LogP contribution in [0.25, 0.3) is 68.5 Å². The molecule has 0 radical (unpaired) electrons. The van der Waals surface area contributed by atoms with Gasteiger partial charge in [0.05, 0.1) is 0 Å². The van der Waals surface area contributed by atoms with E-state index < -0.39 is 0 Å². The number of rotatable bonds is 7. The van der Waals surface area contributed by atoms with Crippen LogP contribution in [0.2, 0.25) is 0 Å². The van der Waals surface area contributed by atoms with Crippen molar-refractivity contribution in [2.45, 2.75) is 13.8 Å². The summed E-state index contributed by atoms with van der Waals surface area (Å²) in [6.45, 7) is 20.8. The van der Waals surface area contributed by atoms with Gasteiger partial charge in [0, 0.05) is 0 Å². The maximum atomic E-state index is 4.24. The van der Waals surface area contributed by atoms with Crippen molar-refractivity contribution in [2.75, 3.05) is 0 Å². The first-order chi connectivity index (χ1) is 18.7. The molecule has 0 atom stereocenters. The highest BCUT2D eigenvalue weighted by Gasteiger charge is 2.21. The van der Waals surface area contributed by atoms with Crippen molar-refractivity contribution >= 4 is 35.1 Å². The molecule has 0 saturated carbocycles. The molecule has 0 unspecified atom stereocenters. The molecule has 0 amide bonds. The van der Waals surface area contributed by atoms with Crippen molar-refractivity contribution < 1.29 is 0 Å². The highest BCUT2D eigenvalue weighted by atomic mass is 14.2. The number of fused-ring (bicyclic) bond motifs is 1. The van der Waals surface area contributed by atoms with Gasteiger partial charge in [0.25, 0.3) is 0 Å². The van der Waals surface area contributed by atoms with E-state index in [1.807, 2.05) is 50.3 Å². The van der Waals surface area contributed by atoms with Gasteiger partial charge in [-0.3, -0.25) is 0 Å². The summed E-state index contributed by atoms with van der Waals surface area (Å²) in [5.41, 5.74) is 11.1. The minimum Gasteiger partial charge on any atom is -0.0984 e. The number of hydrogen-bond donors (Lipinski definition) is 0. The fourth-order valence-corrected chi connectivity index (χ4v) is 5.27. The van der Waals surface area contributed by atoms with E-state index in [0.717, 1.165) is 50.1 Å². The molecule has 0 heterocycles. The number of benzene rings is 5. The SMILES string of the molecule is C=Cc1c(-c2ccccc2)ccc(-c2c(C=C)c(C=C)c(-c3ccccc3)c3ccccc23)c1C=C.CC.